The van der Waals surface area contributed by atoms with Crippen LogP contribution >= 0.6 is 12.2 Å². The minimum absolute atomic E-state index is 0.0562. The first-order valence-electron chi connectivity index (χ1n) is 7.59. The molecule has 4 unspecified atom stereocenters. The third-order valence-electron chi connectivity index (χ3n) is 3.90. The van der Waals surface area contributed by atoms with Crippen LogP contribution in [-0.4, -0.2) is 55.7 Å². The summed E-state index contributed by atoms with van der Waals surface area (Å²) in [7, 11) is 0. The fraction of sp³-hybridized carbons (Fsp3) is 0.312. The Labute approximate surface area is 148 Å². The topological polar surface area (TPSA) is 117 Å². The summed E-state index contributed by atoms with van der Waals surface area (Å²) in [5, 5.41) is 31.6. The lowest BCUT2D eigenvalue weighted by atomic mass is 10.1. The van der Waals surface area contributed by atoms with Crippen molar-refractivity contribution in [3.63, 3.8) is 0 Å². The third kappa shape index (κ3) is 3.60. The summed E-state index contributed by atoms with van der Waals surface area (Å²) < 4.78 is 6.83. The highest BCUT2D eigenvalue weighted by Gasteiger charge is 2.43. The molecule has 1 aliphatic heterocycles. The number of carbonyl (C=O) groups excluding carboxylic acids is 1. The van der Waals surface area contributed by atoms with E-state index >= 15 is 0 Å². The van der Waals surface area contributed by atoms with Crippen LogP contribution in [0.3, 0.4) is 0 Å². The SMILES string of the molecule is O=C(Nc1ccn(C2OC(CO)C(O)C2O)c(=S)n1)c1ccccc1. The van der Waals surface area contributed by atoms with E-state index in [0.717, 1.165) is 0 Å². The smallest absolute Gasteiger partial charge is 0.256 e. The first kappa shape index (κ1) is 17.6. The Kier molecular flexibility index (Phi) is 5.21. The van der Waals surface area contributed by atoms with Gasteiger partial charge in [0.1, 0.15) is 24.1 Å². The highest BCUT2D eigenvalue weighted by atomic mass is 32.1. The van der Waals surface area contributed by atoms with Crippen molar-refractivity contribution in [3.8, 4) is 0 Å². The summed E-state index contributed by atoms with van der Waals surface area (Å²) in [5.41, 5.74) is 0.482. The number of hydrogen-bond donors (Lipinski definition) is 4. The Morgan fingerprint density at radius 3 is 2.56 bits per heavy atom. The van der Waals surface area contributed by atoms with Crippen LogP contribution in [-0.2, 0) is 4.74 Å². The summed E-state index contributed by atoms with van der Waals surface area (Å²) in [6, 6.07) is 10.2. The summed E-state index contributed by atoms with van der Waals surface area (Å²) in [5.74, 6) is -0.0741. The molecule has 0 saturated carbocycles. The number of aliphatic hydroxyl groups excluding tert-OH is 3. The zero-order valence-corrected chi connectivity index (χ0v) is 13.8. The van der Waals surface area contributed by atoms with E-state index in [-0.39, 0.29) is 16.5 Å². The Hall–Kier alpha value is -2.17. The van der Waals surface area contributed by atoms with Crippen LogP contribution in [0.1, 0.15) is 16.6 Å². The predicted octanol–water partition coefficient (Wildman–Crippen LogP) is 0.476. The van der Waals surface area contributed by atoms with Crippen molar-refractivity contribution >= 4 is 23.9 Å². The number of rotatable bonds is 4. The minimum Gasteiger partial charge on any atom is -0.394 e. The van der Waals surface area contributed by atoms with Crippen molar-refractivity contribution < 1.29 is 24.9 Å². The first-order chi connectivity index (χ1) is 12.0. The molecule has 9 heteroatoms. The lowest BCUT2D eigenvalue weighted by Gasteiger charge is -2.18. The van der Waals surface area contributed by atoms with Gasteiger partial charge in [0.25, 0.3) is 5.91 Å². The molecular weight excluding hydrogens is 346 g/mol. The van der Waals surface area contributed by atoms with E-state index in [1.54, 1.807) is 24.3 Å². The fourth-order valence-electron chi connectivity index (χ4n) is 2.56. The van der Waals surface area contributed by atoms with Crippen molar-refractivity contribution in [2.75, 3.05) is 11.9 Å². The van der Waals surface area contributed by atoms with Crippen LogP contribution in [0, 0.1) is 4.77 Å². The zero-order valence-electron chi connectivity index (χ0n) is 13.0. The Morgan fingerprint density at radius 1 is 1.24 bits per heavy atom. The molecule has 4 N–H and O–H groups in total. The van der Waals surface area contributed by atoms with Gasteiger partial charge < -0.3 is 25.4 Å². The van der Waals surface area contributed by atoms with Gasteiger partial charge in [-0.05, 0) is 30.4 Å². The van der Waals surface area contributed by atoms with Gasteiger partial charge in [-0.2, -0.15) is 0 Å². The predicted molar refractivity (Wildman–Crippen MR) is 90.5 cm³/mol. The lowest BCUT2D eigenvalue weighted by molar-refractivity contribution is -0.0540. The summed E-state index contributed by atoms with van der Waals surface area (Å²) >= 11 is 5.18. The van der Waals surface area contributed by atoms with E-state index in [0.29, 0.717) is 5.56 Å². The summed E-state index contributed by atoms with van der Waals surface area (Å²) in [4.78, 5) is 16.2. The van der Waals surface area contributed by atoms with Crippen LogP contribution < -0.4 is 5.32 Å². The molecule has 0 radical (unpaired) electrons. The average Bonchev–Trinajstić information content (AvgIpc) is 2.91. The molecule has 3 rings (SSSR count). The monoisotopic (exact) mass is 363 g/mol. The summed E-state index contributed by atoms with van der Waals surface area (Å²) in [6.45, 7) is -0.430. The molecular formula is C16H17N3O5S. The van der Waals surface area contributed by atoms with Crippen LogP contribution in [0.15, 0.2) is 42.6 Å². The largest absolute Gasteiger partial charge is 0.394 e. The van der Waals surface area contributed by atoms with Crippen LogP contribution in [0.2, 0.25) is 0 Å². The molecule has 2 heterocycles. The molecule has 25 heavy (non-hydrogen) atoms. The van der Waals surface area contributed by atoms with E-state index < -0.39 is 31.1 Å². The van der Waals surface area contributed by atoms with Gasteiger partial charge in [-0.1, -0.05) is 18.2 Å². The standard InChI is InChI=1S/C16H17N3O5S/c20-8-10-12(21)13(22)15(24-10)19-7-6-11(18-16(19)25)17-14(23)9-4-2-1-3-5-9/h1-7,10,12-13,15,20-22H,8H2,(H,17,18,23,25). The number of nitrogens with zero attached hydrogens (tertiary/aromatic N) is 2. The van der Waals surface area contributed by atoms with Crippen molar-refractivity contribution in [2.24, 2.45) is 0 Å². The quantitative estimate of drug-likeness (QED) is 0.584. The van der Waals surface area contributed by atoms with Gasteiger partial charge in [-0.15, -0.1) is 0 Å². The van der Waals surface area contributed by atoms with Gasteiger partial charge in [0.05, 0.1) is 6.61 Å². The summed E-state index contributed by atoms with van der Waals surface area (Å²) in [6.07, 6.45) is -2.86. The van der Waals surface area contributed by atoms with Crippen molar-refractivity contribution in [1.82, 2.24) is 9.55 Å². The van der Waals surface area contributed by atoms with E-state index in [1.165, 1.54) is 16.8 Å². The van der Waals surface area contributed by atoms with Crippen LogP contribution in [0.5, 0.6) is 0 Å². The molecule has 1 fully saturated rings. The Morgan fingerprint density at radius 2 is 1.96 bits per heavy atom. The number of nitrogens with one attached hydrogen (secondary N) is 1. The Bertz CT molecular complexity index is 813. The van der Waals surface area contributed by atoms with Gasteiger partial charge in [0.15, 0.2) is 6.23 Å². The molecule has 0 spiro atoms. The molecule has 1 aromatic heterocycles. The van der Waals surface area contributed by atoms with Crippen molar-refractivity contribution in [1.29, 1.82) is 0 Å². The van der Waals surface area contributed by atoms with Crippen molar-refractivity contribution in [2.45, 2.75) is 24.5 Å². The number of aliphatic hydroxyl groups is 3. The molecule has 8 nitrogen and oxygen atoms in total. The number of hydrogen-bond acceptors (Lipinski definition) is 7. The first-order valence-corrected chi connectivity index (χ1v) is 8.00. The Balaban J connectivity index is 1.78. The molecule has 4 atom stereocenters. The zero-order chi connectivity index (χ0) is 18.0. The van der Waals surface area contributed by atoms with E-state index in [2.05, 4.69) is 10.3 Å². The maximum Gasteiger partial charge on any atom is 0.256 e. The molecule has 132 valence electrons. The molecule has 1 aliphatic rings. The molecule has 1 saturated heterocycles. The average molecular weight is 363 g/mol. The highest BCUT2D eigenvalue weighted by Crippen LogP contribution is 2.29. The molecule has 0 bridgehead atoms. The van der Waals surface area contributed by atoms with Gasteiger partial charge in [-0.25, -0.2) is 4.98 Å². The van der Waals surface area contributed by atoms with E-state index in [4.69, 9.17) is 22.1 Å². The van der Waals surface area contributed by atoms with E-state index in [9.17, 15) is 15.0 Å². The normalized spacial score (nSPS) is 25.7. The second kappa shape index (κ2) is 7.38. The van der Waals surface area contributed by atoms with Crippen LogP contribution in [0.4, 0.5) is 5.82 Å². The van der Waals surface area contributed by atoms with Gasteiger partial charge >= 0.3 is 0 Å². The van der Waals surface area contributed by atoms with E-state index in [1.807, 2.05) is 6.07 Å². The third-order valence-corrected chi connectivity index (χ3v) is 4.20. The maximum absolute atomic E-state index is 12.1. The molecule has 2 aromatic rings. The number of carbonyl (C=O) groups is 1. The number of aromatic nitrogens is 2. The minimum atomic E-state index is -1.25. The number of anilines is 1. The van der Waals surface area contributed by atoms with Gasteiger partial charge in [0.2, 0.25) is 4.77 Å². The van der Waals surface area contributed by atoms with Crippen molar-refractivity contribution in [3.05, 3.63) is 52.9 Å². The molecule has 1 amide bonds. The van der Waals surface area contributed by atoms with Crippen LogP contribution in [0.25, 0.3) is 0 Å². The number of ether oxygens (including phenoxy) is 1. The second-order valence-electron chi connectivity index (χ2n) is 5.55. The number of benzene rings is 1. The fourth-order valence-corrected chi connectivity index (χ4v) is 2.83. The second-order valence-corrected chi connectivity index (χ2v) is 5.92. The number of amides is 1. The lowest BCUT2D eigenvalue weighted by Crippen LogP contribution is -2.33. The maximum atomic E-state index is 12.1. The molecule has 1 aromatic carbocycles. The molecule has 0 aliphatic carbocycles. The van der Waals surface area contributed by atoms with Gasteiger partial charge in [-0.3, -0.25) is 9.36 Å². The highest BCUT2D eigenvalue weighted by molar-refractivity contribution is 7.71. The van der Waals surface area contributed by atoms with Gasteiger partial charge in [0, 0.05) is 11.8 Å².